The highest BCUT2D eigenvalue weighted by atomic mass is 35.5. The summed E-state index contributed by atoms with van der Waals surface area (Å²) in [6.07, 6.45) is 0. The number of amides is 1. The molecule has 0 saturated carbocycles. The molecule has 0 fully saturated rings. The van der Waals surface area contributed by atoms with E-state index in [2.05, 4.69) is 5.32 Å². The molecule has 0 unspecified atom stereocenters. The van der Waals surface area contributed by atoms with Crippen LogP contribution in [0.4, 0.5) is 5.69 Å². The van der Waals surface area contributed by atoms with Gasteiger partial charge in [-0.25, -0.2) is 0 Å². The Bertz CT molecular complexity index is 678. The molecule has 21 heavy (non-hydrogen) atoms. The van der Waals surface area contributed by atoms with Gasteiger partial charge in [-0.1, -0.05) is 52.5 Å². The summed E-state index contributed by atoms with van der Waals surface area (Å²) in [7, 11) is 0. The van der Waals surface area contributed by atoms with Crippen molar-refractivity contribution in [2.75, 3.05) is 11.1 Å². The molecule has 0 saturated heterocycles. The van der Waals surface area contributed by atoms with E-state index in [4.69, 9.17) is 46.4 Å². The highest BCUT2D eigenvalue weighted by molar-refractivity contribution is 8.00. The second kappa shape index (κ2) is 7.61. The van der Waals surface area contributed by atoms with Gasteiger partial charge in [0, 0.05) is 15.6 Å². The molecule has 1 N–H and O–H groups in total. The van der Waals surface area contributed by atoms with Crippen LogP contribution in [0.25, 0.3) is 0 Å². The molecule has 0 aliphatic carbocycles. The molecule has 2 aromatic carbocycles. The molecule has 0 aromatic heterocycles. The van der Waals surface area contributed by atoms with E-state index in [9.17, 15) is 4.79 Å². The first-order valence-electron chi connectivity index (χ1n) is 5.78. The normalized spacial score (nSPS) is 10.5. The molecule has 0 spiro atoms. The zero-order valence-corrected chi connectivity index (χ0v) is 14.3. The van der Waals surface area contributed by atoms with Gasteiger partial charge in [0.15, 0.2) is 0 Å². The average molecular weight is 381 g/mol. The smallest absolute Gasteiger partial charge is 0.234 e. The lowest BCUT2D eigenvalue weighted by Gasteiger charge is -2.07. The van der Waals surface area contributed by atoms with Crippen LogP contribution in [-0.2, 0) is 4.79 Å². The van der Waals surface area contributed by atoms with Gasteiger partial charge < -0.3 is 5.32 Å². The minimum Gasteiger partial charge on any atom is -0.325 e. The summed E-state index contributed by atoms with van der Waals surface area (Å²) in [6, 6.07) is 10.1. The van der Waals surface area contributed by atoms with E-state index < -0.39 is 0 Å². The fraction of sp³-hybridized carbons (Fsp3) is 0.0714. The first-order valence-corrected chi connectivity index (χ1v) is 8.28. The molecule has 2 rings (SSSR count). The second-order valence-electron chi connectivity index (χ2n) is 4.04. The van der Waals surface area contributed by atoms with E-state index in [0.717, 1.165) is 0 Å². The molecule has 0 atom stereocenters. The van der Waals surface area contributed by atoms with Gasteiger partial charge in [-0.3, -0.25) is 4.79 Å². The maximum Gasteiger partial charge on any atom is 0.234 e. The van der Waals surface area contributed by atoms with Gasteiger partial charge in [0.05, 0.1) is 20.8 Å². The van der Waals surface area contributed by atoms with Gasteiger partial charge in [0.25, 0.3) is 0 Å². The summed E-state index contributed by atoms with van der Waals surface area (Å²) < 4.78 is 0. The van der Waals surface area contributed by atoms with E-state index >= 15 is 0 Å². The first kappa shape index (κ1) is 16.8. The zero-order chi connectivity index (χ0) is 15.4. The fourth-order valence-corrected chi connectivity index (χ4v) is 3.24. The van der Waals surface area contributed by atoms with Crippen molar-refractivity contribution in [2.45, 2.75) is 4.90 Å². The van der Waals surface area contributed by atoms with Gasteiger partial charge in [0.1, 0.15) is 0 Å². The number of benzene rings is 2. The van der Waals surface area contributed by atoms with Crippen LogP contribution in [-0.4, -0.2) is 11.7 Å². The van der Waals surface area contributed by atoms with Crippen molar-refractivity contribution in [3.63, 3.8) is 0 Å². The molecule has 0 bridgehead atoms. The van der Waals surface area contributed by atoms with Gasteiger partial charge in [0.2, 0.25) is 5.91 Å². The largest absolute Gasteiger partial charge is 0.325 e. The number of anilines is 1. The van der Waals surface area contributed by atoms with Crippen molar-refractivity contribution in [1.29, 1.82) is 0 Å². The number of carbonyl (C=O) groups is 1. The fourth-order valence-electron chi connectivity index (χ4n) is 1.52. The predicted octanol–water partition coefficient (Wildman–Crippen LogP) is 6.03. The van der Waals surface area contributed by atoms with E-state index in [-0.39, 0.29) is 11.7 Å². The number of thioether (sulfide) groups is 1. The maximum atomic E-state index is 11.9. The Labute approximate surface area is 146 Å². The van der Waals surface area contributed by atoms with Crippen molar-refractivity contribution in [2.24, 2.45) is 0 Å². The van der Waals surface area contributed by atoms with Crippen molar-refractivity contribution in [1.82, 2.24) is 0 Å². The third kappa shape index (κ3) is 4.97. The summed E-state index contributed by atoms with van der Waals surface area (Å²) in [4.78, 5) is 12.6. The minimum absolute atomic E-state index is 0.163. The van der Waals surface area contributed by atoms with Gasteiger partial charge in [-0.05, 0) is 30.3 Å². The molecule has 0 aliphatic rings. The monoisotopic (exact) mass is 379 g/mol. The molecule has 2 aromatic rings. The summed E-state index contributed by atoms with van der Waals surface area (Å²) >= 11 is 25.0. The standard InChI is InChI=1S/C14H9Cl4NOS/c15-8-2-1-3-9(4-8)19-14(20)7-21-13-6-11(17)10(16)5-12(13)18/h1-6H,7H2,(H,19,20). The maximum absolute atomic E-state index is 11.9. The van der Waals surface area contributed by atoms with Gasteiger partial charge >= 0.3 is 0 Å². The Hall–Kier alpha value is -0.580. The number of hydrogen-bond acceptors (Lipinski definition) is 2. The van der Waals surface area contributed by atoms with Crippen molar-refractivity contribution < 1.29 is 4.79 Å². The van der Waals surface area contributed by atoms with Crippen LogP contribution >= 0.6 is 58.2 Å². The number of halogens is 4. The van der Waals surface area contributed by atoms with Crippen molar-refractivity contribution in [3.05, 3.63) is 56.5 Å². The Kier molecular flexibility index (Phi) is 6.08. The molecule has 110 valence electrons. The van der Waals surface area contributed by atoms with Crippen LogP contribution < -0.4 is 5.32 Å². The Morgan fingerprint density at radius 2 is 1.71 bits per heavy atom. The lowest BCUT2D eigenvalue weighted by atomic mass is 10.3. The van der Waals surface area contributed by atoms with Crippen LogP contribution in [0.1, 0.15) is 0 Å². The lowest BCUT2D eigenvalue weighted by Crippen LogP contribution is -2.13. The molecular weight excluding hydrogens is 372 g/mol. The molecule has 1 amide bonds. The van der Waals surface area contributed by atoms with E-state index in [1.54, 1.807) is 36.4 Å². The Morgan fingerprint density at radius 1 is 1.00 bits per heavy atom. The highest BCUT2D eigenvalue weighted by Crippen LogP contribution is 2.34. The third-order valence-corrected chi connectivity index (χ3v) is 4.88. The summed E-state index contributed by atoms with van der Waals surface area (Å²) in [6.45, 7) is 0. The Balaban J connectivity index is 1.97. The lowest BCUT2D eigenvalue weighted by molar-refractivity contribution is -0.113. The van der Waals surface area contributed by atoms with Crippen LogP contribution in [0.3, 0.4) is 0 Å². The zero-order valence-electron chi connectivity index (χ0n) is 10.5. The van der Waals surface area contributed by atoms with E-state index in [1.165, 1.54) is 11.8 Å². The number of carbonyl (C=O) groups excluding carboxylic acids is 1. The van der Waals surface area contributed by atoms with Crippen LogP contribution in [0, 0.1) is 0 Å². The minimum atomic E-state index is -0.163. The van der Waals surface area contributed by atoms with E-state index in [1.807, 2.05) is 0 Å². The molecule has 2 nitrogen and oxygen atoms in total. The van der Waals surface area contributed by atoms with Gasteiger partial charge in [-0.15, -0.1) is 11.8 Å². The molecule has 0 aliphatic heterocycles. The SMILES string of the molecule is O=C(CSc1cc(Cl)c(Cl)cc1Cl)Nc1cccc(Cl)c1. The highest BCUT2D eigenvalue weighted by Gasteiger charge is 2.09. The van der Waals surface area contributed by atoms with Crippen molar-refractivity contribution >= 4 is 69.8 Å². The van der Waals surface area contributed by atoms with E-state index in [0.29, 0.717) is 30.7 Å². The topological polar surface area (TPSA) is 29.1 Å². The predicted molar refractivity (Wildman–Crippen MR) is 92.3 cm³/mol. The number of rotatable bonds is 4. The van der Waals surface area contributed by atoms with Crippen LogP contribution in [0.15, 0.2) is 41.3 Å². The van der Waals surface area contributed by atoms with Crippen LogP contribution in [0.5, 0.6) is 0 Å². The summed E-state index contributed by atoms with van der Waals surface area (Å²) in [5.74, 6) is 0.0360. The molecule has 7 heteroatoms. The number of hydrogen-bond donors (Lipinski definition) is 1. The molecule has 0 heterocycles. The first-order chi connectivity index (χ1) is 9.95. The quantitative estimate of drug-likeness (QED) is 0.518. The Morgan fingerprint density at radius 3 is 2.43 bits per heavy atom. The number of nitrogens with one attached hydrogen (secondary N) is 1. The molecule has 0 radical (unpaired) electrons. The summed E-state index contributed by atoms with van der Waals surface area (Å²) in [5.41, 5.74) is 0.647. The third-order valence-electron chi connectivity index (χ3n) is 2.44. The second-order valence-corrected chi connectivity index (χ2v) is 6.72. The van der Waals surface area contributed by atoms with Crippen molar-refractivity contribution in [3.8, 4) is 0 Å². The van der Waals surface area contributed by atoms with Gasteiger partial charge in [-0.2, -0.15) is 0 Å². The average Bonchev–Trinajstić information content (AvgIpc) is 2.41. The van der Waals surface area contributed by atoms with Crippen LogP contribution in [0.2, 0.25) is 20.1 Å². The summed E-state index contributed by atoms with van der Waals surface area (Å²) in [5, 5.41) is 4.56. The molecular formula is C14H9Cl4NOS.